The summed E-state index contributed by atoms with van der Waals surface area (Å²) in [5.41, 5.74) is 1.32. The van der Waals surface area contributed by atoms with Gasteiger partial charge in [-0.05, 0) is 37.7 Å². The van der Waals surface area contributed by atoms with Crippen LogP contribution in [-0.2, 0) is 4.74 Å². The number of anilines is 1. The fourth-order valence-electron chi connectivity index (χ4n) is 1.82. The third-order valence-corrected chi connectivity index (χ3v) is 3.77. The second kappa shape index (κ2) is 6.73. The molecule has 0 saturated carbocycles. The van der Waals surface area contributed by atoms with Gasteiger partial charge in [-0.2, -0.15) is 4.37 Å². The molecule has 0 aliphatic carbocycles. The first kappa shape index (κ1) is 15.0. The number of hydrogen-bond donors (Lipinski definition) is 1. The van der Waals surface area contributed by atoms with Crippen LogP contribution < -0.4 is 5.32 Å². The summed E-state index contributed by atoms with van der Waals surface area (Å²) in [5.74, 6) is 0.220. The van der Waals surface area contributed by atoms with Crippen molar-refractivity contribution in [1.82, 2.24) is 4.37 Å². The van der Waals surface area contributed by atoms with Crippen molar-refractivity contribution in [3.8, 4) is 0 Å². The van der Waals surface area contributed by atoms with E-state index in [4.69, 9.17) is 4.74 Å². The molecular weight excluding hydrogens is 248 g/mol. The normalized spacial score (nSPS) is 12.6. The van der Waals surface area contributed by atoms with Crippen molar-refractivity contribution < 1.29 is 9.53 Å². The van der Waals surface area contributed by atoms with E-state index in [1.54, 1.807) is 0 Å². The number of aryl methyl sites for hydroxylation is 1. The molecule has 102 valence electrons. The van der Waals surface area contributed by atoms with Crippen LogP contribution in [0.2, 0.25) is 0 Å². The lowest BCUT2D eigenvalue weighted by Gasteiger charge is -2.21. The third-order valence-electron chi connectivity index (χ3n) is 2.90. The number of carbonyl (C=O) groups is 1. The molecule has 1 rings (SSSR count). The smallest absolute Gasteiger partial charge is 0.343 e. The Balaban J connectivity index is 2.93. The van der Waals surface area contributed by atoms with Gasteiger partial charge < -0.3 is 10.1 Å². The summed E-state index contributed by atoms with van der Waals surface area (Å²) in [4.78, 5) is 11.9. The maximum Gasteiger partial charge on any atom is 0.343 e. The summed E-state index contributed by atoms with van der Waals surface area (Å²) in [6.45, 7) is 10.5. The Morgan fingerprint density at radius 2 is 2.11 bits per heavy atom. The third kappa shape index (κ3) is 3.45. The molecule has 0 aliphatic heterocycles. The van der Waals surface area contributed by atoms with Crippen LogP contribution in [0.4, 0.5) is 5.00 Å². The number of aromatic nitrogens is 1. The standard InChI is InChI=1S/C13H22N2O2S/c1-6-10(8(3)4)14-12-11(9(5)15-18-12)13(16)17-7-2/h8,10,14H,6-7H2,1-5H3. The van der Waals surface area contributed by atoms with Gasteiger partial charge in [0.15, 0.2) is 0 Å². The van der Waals surface area contributed by atoms with Gasteiger partial charge in [0.1, 0.15) is 10.6 Å². The zero-order valence-electron chi connectivity index (χ0n) is 11.7. The second-order valence-electron chi connectivity index (χ2n) is 4.60. The zero-order chi connectivity index (χ0) is 13.7. The summed E-state index contributed by atoms with van der Waals surface area (Å²) in [6, 6.07) is 0.345. The number of hydrogen-bond acceptors (Lipinski definition) is 5. The lowest BCUT2D eigenvalue weighted by atomic mass is 10.0. The molecule has 4 nitrogen and oxygen atoms in total. The highest BCUT2D eigenvalue weighted by Gasteiger charge is 2.22. The predicted octanol–water partition coefficient (Wildman–Crippen LogP) is 3.47. The fourth-order valence-corrected chi connectivity index (χ4v) is 2.67. The second-order valence-corrected chi connectivity index (χ2v) is 5.37. The number of esters is 1. The molecule has 1 unspecified atom stereocenters. The number of rotatable bonds is 6. The number of carbonyl (C=O) groups excluding carboxylic acids is 1. The molecule has 18 heavy (non-hydrogen) atoms. The topological polar surface area (TPSA) is 51.2 Å². The van der Waals surface area contributed by atoms with E-state index in [-0.39, 0.29) is 5.97 Å². The molecule has 0 aromatic carbocycles. The molecule has 1 heterocycles. The van der Waals surface area contributed by atoms with Crippen LogP contribution in [0.25, 0.3) is 0 Å². The van der Waals surface area contributed by atoms with Crippen LogP contribution in [0.5, 0.6) is 0 Å². The first-order valence-electron chi connectivity index (χ1n) is 6.41. The van der Waals surface area contributed by atoms with Gasteiger partial charge in [-0.1, -0.05) is 20.8 Å². The van der Waals surface area contributed by atoms with E-state index < -0.39 is 0 Å². The lowest BCUT2D eigenvalue weighted by molar-refractivity contribution is 0.0527. The van der Waals surface area contributed by atoms with Gasteiger partial charge in [0.2, 0.25) is 0 Å². The Morgan fingerprint density at radius 3 is 2.61 bits per heavy atom. The molecule has 0 aliphatic rings. The van der Waals surface area contributed by atoms with Gasteiger partial charge in [-0.15, -0.1) is 0 Å². The van der Waals surface area contributed by atoms with Crippen molar-refractivity contribution in [1.29, 1.82) is 0 Å². The SMILES string of the molecule is CCOC(=O)c1c(C)nsc1NC(CC)C(C)C. The predicted molar refractivity (Wildman–Crippen MR) is 75.3 cm³/mol. The minimum Gasteiger partial charge on any atom is -0.462 e. The van der Waals surface area contributed by atoms with Crippen molar-refractivity contribution in [3.63, 3.8) is 0 Å². The molecule has 0 fully saturated rings. The Hall–Kier alpha value is -1.10. The summed E-state index contributed by atoms with van der Waals surface area (Å²) in [7, 11) is 0. The average molecular weight is 270 g/mol. The van der Waals surface area contributed by atoms with Crippen molar-refractivity contribution >= 4 is 22.5 Å². The van der Waals surface area contributed by atoms with E-state index in [2.05, 4.69) is 30.5 Å². The van der Waals surface area contributed by atoms with Gasteiger partial charge in [-0.3, -0.25) is 0 Å². The van der Waals surface area contributed by atoms with Crippen molar-refractivity contribution in [2.45, 2.75) is 47.1 Å². The van der Waals surface area contributed by atoms with Crippen LogP contribution in [0.3, 0.4) is 0 Å². The van der Waals surface area contributed by atoms with Gasteiger partial charge in [0.05, 0.1) is 12.3 Å². The van der Waals surface area contributed by atoms with E-state index >= 15 is 0 Å². The van der Waals surface area contributed by atoms with Crippen molar-refractivity contribution in [2.75, 3.05) is 11.9 Å². The van der Waals surface area contributed by atoms with Gasteiger partial charge >= 0.3 is 5.97 Å². The first-order valence-corrected chi connectivity index (χ1v) is 7.18. The molecule has 5 heteroatoms. The Bertz CT molecular complexity index is 402. The van der Waals surface area contributed by atoms with Crippen LogP contribution in [0, 0.1) is 12.8 Å². The molecule has 1 aromatic rings. The van der Waals surface area contributed by atoms with Crippen molar-refractivity contribution in [3.05, 3.63) is 11.3 Å². The maximum absolute atomic E-state index is 11.9. The van der Waals surface area contributed by atoms with Crippen LogP contribution in [-0.4, -0.2) is 23.0 Å². The van der Waals surface area contributed by atoms with Gasteiger partial charge in [-0.25, -0.2) is 4.79 Å². The monoisotopic (exact) mass is 270 g/mol. The summed E-state index contributed by atoms with van der Waals surface area (Å²) < 4.78 is 9.32. The molecule has 0 spiro atoms. The summed E-state index contributed by atoms with van der Waals surface area (Å²) in [5, 5.41) is 4.24. The molecule has 0 amide bonds. The minimum atomic E-state index is -0.287. The van der Waals surface area contributed by atoms with E-state index in [9.17, 15) is 4.79 Å². The number of nitrogens with zero attached hydrogens (tertiary/aromatic N) is 1. The molecule has 1 N–H and O–H groups in total. The number of nitrogens with one attached hydrogen (secondary N) is 1. The molecular formula is C13H22N2O2S. The quantitative estimate of drug-likeness (QED) is 0.804. The van der Waals surface area contributed by atoms with E-state index in [0.717, 1.165) is 17.1 Å². The Kier molecular flexibility index (Phi) is 5.59. The molecule has 1 atom stereocenters. The summed E-state index contributed by atoms with van der Waals surface area (Å²) >= 11 is 1.33. The molecule has 0 saturated heterocycles. The Morgan fingerprint density at radius 1 is 1.44 bits per heavy atom. The molecule has 0 bridgehead atoms. The van der Waals surface area contributed by atoms with Crippen LogP contribution in [0.15, 0.2) is 0 Å². The highest BCUT2D eigenvalue weighted by atomic mass is 32.1. The molecule has 0 radical (unpaired) electrons. The van der Waals surface area contributed by atoms with Gasteiger partial charge in [0.25, 0.3) is 0 Å². The Labute approximate surface area is 113 Å². The highest BCUT2D eigenvalue weighted by Crippen LogP contribution is 2.27. The van der Waals surface area contributed by atoms with E-state index in [1.807, 2.05) is 13.8 Å². The number of ether oxygens (including phenoxy) is 1. The van der Waals surface area contributed by atoms with E-state index in [0.29, 0.717) is 24.1 Å². The molecule has 1 aromatic heterocycles. The van der Waals surface area contributed by atoms with Crippen molar-refractivity contribution in [2.24, 2.45) is 5.92 Å². The fraction of sp³-hybridized carbons (Fsp3) is 0.692. The largest absolute Gasteiger partial charge is 0.462 e. The first-order chi connectivity index (χ1) is 8.51. The summed E-state index contributed by atoms with van der Waals surface area (Å²) in [6.07, 6.45) is 1.01. The van der Waals surface area contributed by atoms with E-state index in [1.165, 1.54) is 11.5 Å². The van der Waals surface area contributed by atoms with Gasteiger partial charge in [0, 0.05) is 6.04 Å². The average Bonchev–Trinajstić information content (AvgIpc) is 2.67. The maximum atomic E-state index is 11.9. The lowest BCUT2D eigenvalue weighted by Crippen LogP contribution is -2.25. The van der Waals surface area contributed by atoms with Crippen LogP contribution in [0.1, 0.15) is 50.2 Å². The zero-order valence-corrected chi connectivity index (χ0v) is 12.6. The minimum absolute atomic E-state index is 0.287. The highest BCUT2D eigenvalue weighted by molar-refractivity contribution is 7.10. The van der Waals surface area contributed by atoms with Crippen LogP contribution >= 0.6 is 11.5 Å².